The molecule has 17 heavy (non-hydrogen) atoms. The molecule has 1 aliphatic carbocycles. The molecule has 1 heterocycles. The van der Waals surface area contributed by atoms with Crippen molar-refractivity contribution in [2.45, 2.75) is 77.5 Å². The lowest BCUT2D eigenvalue weighted by Gasteiger charge is -2.40. The lowest BCUT2D eigenvalue weighted by molar-refractivity contribution is -0.264. The summed E-state index contributed by atoms with van der Waals surface area (Å²) < 4.78 is 12.0. The van der Waals surface area contributed by atoms with Crippen LogP contribution in [0, 0.1) is 11.8 Å². The lowest BCUT2D eigenvalue weighted by atomic mass is 9.87. The zero-order valence-electron chi connectivity index (χ0n) is 11.3. The van der Waals surface area contributed by atoms with E-state index < -0.39 is 0 Å². The van der Waals surface area contributed by atoms with Crippen LogP contribution in [-0.2, 0) is 9.47 Å². The highest BCUT2D eigenvalue weighted by molar-refractivity contribution is 4.80. The van der Waals surface area contributed by atoms with Gasteiger partial charge < -0.3 is 14.6 Å². The Bertz CT molecular complexity index is 244. The van der Waals surface area contributed by atoms with E-state index in [2.05, 4.69) is 6.92 Å². The van der Waals surface area contributed by atoms with Crippen LogP contribution < -0.4 is 0 Å². The molecule has 3 heteroatoms. The summed E-state index contributed by atoms with van der Waals surface area (Å²) in [5, 5.41) is 9.95. The van der Waals surface area contributed by atoms with E-state index in [1.165, 1.54) is 19.3 Å². The molecule has 1 saturated carbocycles. The van der Waals surface area contributed by atoms with Crippen molar-refractivity contribution in [3.05, 3.63) is 0 Å². The highest BCUT2D eigenvalue weighted by Crippen LogP contribution is 2.32. The van der Waals surface area contributed by atoms with Crippen molar-refractivity contribution in [2.75, 3.05) is 0 Å². The Hall–Kier alpha value is -0.120. The number of ether oxygens (including phenoxy) is 2. The first-order chi connectivity index (χ1) is 8.08. The molecule has 0 bridgehead atoms. The van der Waals surface area contributed by atoms with Crippen molar-refractivity contribution in [1.29, 1.82) is 0 Å². The van der Waals surface area contributed by atoms with E-state index in [-0.39, 0.29) is 24.4 Å². The van der Waals surface area contributed by atoms with Crippen molar-refractivity contribution in [3.8, 4) is 0 Å². The highest BCUT2D eigenvalue weighted by Gasteiger charge is 2.36. The first kappa shape index (κ1) is 13.3. The normalized spacial score (nSPS) is 48.0. The Morgan fingerprint density at radius 2 is 1.82 bits per heavy atom. The molecule has 0 aromatic carbocycles. The van der Waals surface area contributed by atoms with Gasteiger partial charge in [-0.2, -0.15) is 0 Å². The standard InChI is InChI=1S/C14H26O3/c1-9-6-4-5-7-13(9)17-14-11(3)12(15)8-10(2)16-14/h9-15H,4-8H2,1-3H3/t9-,10+,11-,12-,13?,14-/m0/s1. The smallest absolute Gasteiger partial charge is 0.163 e. The molecule has 0 aromatic heterocycles. The molecule has 100 valence electrons. The Morgan fingerprint density at radius 1 is 1.12 bits per heavy atom. The summed E-state index contributed by atoms with van der Waals surface area (Å²) in [6.45, 7) is 6.29. The van der Waals surface area contributed by atoms with Crippen LogP contribution in [0.1, 0.15) is 52.9 Å². The molecular formula is C14H26O3. The third-order valence-electron chi connectivity index (χ3n) is 4.32. The van der Waals surface area contributed by atoms with Gasteiger partial charge in [-0.3, -0.25) is 0 Å². The molecule has 6 atom stereocenters. The molecule has 1 aliphatic heterocycles. The summed E-state index contributed by atoms with van der Waals surface area (Å²) in [6, 6.07) is 0. The van der Waals surface area contributed by atoms with Crippen molar-refractivity contribution >= 4 is 0 Å². The molecule has 0 spiro atoms. The fourth-order valence-corrected chi connectivity index (χ4v) is 2.96. The van der Waals surface area contributed by atoms with Crippen molar-refractivity contribution in [2.24, 2.45) is 11.8 Å². The molecule has 0 radical (unpaired) electrons. The predicted octanol–water partition coefficient (Wildman–Crippen LogP) is 2.71. The number of hydrogen-bond donors (Lipinski definition) is 1. The maximum absolute atomic E-state index is 9.95. The molecule has 1 N–H and O–H groups in total. The van der Waals surface area contributed by atoms with Gasteiger partial charge >= 0.3 is 0 Å². The summed E-state index contributed by atoms with van der Waals surface area (Å²) >= 11 is 0. The van der Waals surface area contributed by atoms with Crippen LogP contribution in [0.25, 0.3) is 0 Å². The second-order valence-corrected chi connectivity index (χ2v) is 5.91. The molecule has 2 aliphatic rings. The maximum atomic E-state index is 9.95. The average Bonchev–Trinajstić information content (AvgIpc) is 2.28. The summed E-state index contributed by atoms with van der Waals surface area (Å²) in [5.41, 5.74) is 0. The summed E-state index contributed by atoms with van der Waals surface area (Å²) in [4.78, 5) is 0. The fourth-order valence-electron chi connectivity index (χ4n) is 2.96. The van der Waals surface area contributed by atoms with Gasteiger partial charge in [0.2, 0.25) is 0 Å². The van der Waals surface area contributed by atoms with E-state index in [9.17, 15) is 5.11 Å². The minimum absolute atomic E-state index is 0.0836. The largest absolute Gasteiger partial charge is 0.393 e. The molecule has 2 rings (SSSR count). The van der Waals surface area contributed by atoms with Gasteiger partial charge in [0.25, 0.3) is 0 Å². The summed E-state index contributed by atoms with van der Waals surface area (Å²) in [5.74, 6) is 0.703. The topological polar surface area (TPSA) is 38.7 Å². The van der Waals surface area contributed by atoms with Crippen LogP contribution in [0.3, 0.4) is 0 Å². The van der Waals surface area contributed by atoms with Gasteiger partial charge in [-0.25, -0.2) is 0 Å². The average molecular weight is 242 g/mol. The first-order valence-corrected chi connectivity index (χ1v) is 7.07. The van der Waals surface area contributed by atoms with Gasteiger partial charge in [0.05, 0.1) is 18.3 Å². The minimum Gasteiger partial charge on any atom is -0.393 e. The third-order valence-corrected chi connectivity index (χ3v) is 4.32. The van der Waals surface area contributed by atoms with Gasteiger partial charge in [0, 0.05) is 5.92 Å². The zero-order chi connectivity index (χ0) is 12.4. The van der Waals surface area contributed by atoms with Crippen molar-refractivity contribution in [1.82, 2.24) is 0 Å². The van der Waals surface area contributed by atoms with Gasteiger partial charge in [0.1, 0.15) is 0 Å². The van der Waals surface area contributed by atoms with Crippen LogP contribution in [0.4, 0.5) is 0 Å². The second-order valence-electron chi connectivity index (χ2n) is 5.91. The van der Waals surface area contributed by atoms with Gasteiger partial charge in [-0.05, 0) is 32.1 Å². The van der Waals surface area contributed by atoms with Crippen molar-refractivity contribution < 1.29 is 14.6 Å². The Kier molecular flexibility index (Phi) is 4.45. The SMILES string of the molecule is C[C@@H]1[C@H](OC2CCCC[C@@H]2C)O[C@H](C)C[C@@H]1O. The first-order valence-electron chi connectivity index (χ1n) is 7.07. The van der Waals surface area contributed by atoms with Crippen LogP contribution in [0.15, 0.2) is 0 Å². The van der Waals surface area contributed by atoms with E-state index in [0.29, 0.717) is 12.0 Å². The predicted molar refractivity (Wildman–Crippen MR) is 66.6 cm³/mol. The monoisotopic (exact) mass is 242 g/mol. The Balaban J connectivity index is 1.92. The fraction of sp³-hybridized carbons (Fsp3) is 1.00. The number of hydrogen-bond acceptors (Lipinski definition) is 3. The van der Waals surface area contributed by atoms with Crippen LogP contribution >= 0.6 is 0 Å². The zero-order valence-corrected chi connectivity index (χ0v) is 11.3. The third kappa shape index (κ3) is 3.21. The quantitative estimate of drug-likeness (QED) is 0.809. The van der Waals surface area contributed by atoms with Gasteiger partial charge in [-0.15, -0.1) is 0 Å². The molecule has 1 saturated heterocycles. The van der Waals surface area contributed by atoms with E-state index in [1.807, 2.05) is 13.8 Å². The van der Waals surface area contributed by atoms with E-state index in [1.54, 1.807) is 0 Å². The second kappa shape index (κ2) is 5.68. The van der Waals surface area contributed by atoms with E-state index in [0.717, 1.165) is 12.8 Å². The number of aliphatic hydroxyl groups is 1. The maximum Gasteiger partial charge on any atom is 0.163 e. The molecule has 0 amide bonds. The number of rotatable bonds is 2. The highest BCUT2D eigenvalue weighted by atomic mass is 16.7. The van der Waals surface area contributed by atoms with Crippen LogP contribution in [-0.4, -0.2) is 29.7 Å². The molecule has 1 unspecified atom stereocenters. The Morgan fingerprint density at radius 3 is 2.53 bits per heavy atom. The Labute approximate surface area is 104 Å². The molecular weight excluding hydrogens is 216 g/mol. The van der Waals surface area contributed by atoms with E-state index >= 15 is 0 Å². The lowest BCUT2D eigenvalue weighted by Crippen LogP contribution is -2.46. The van der Waals surface area contributed by atoms with Crippen LogP contribution in [0.5, 0.6) is 0 Å². The minimum atomic E-state index is -0.289. The summed E-state index contributed by atoms with van der Waals surface area (Å²) in [7, 11) is 0. The van der Waals surface area contributed by atoms with Gasteiger partial charge in [0.15, 0.2) is 6.29 Å². The molecule has 2 fully saturated rings. The summed E-state index contributed by atoms with van der Waals surface area (Å²) in [6.07, 6.45) is 5.60. The van der Waals surface area contributed by atoms with Gasteiger partial charge in [-0.1, -0.05) is 26.7 Å². The molecule has 0 aromatic rings. The number of aliphatic hydroxyl groups excluding tert-OH is 1. The van der Waals surface area contributed by atoms with Crippen LogP contribution in [0.2, 0.25) is 0 Å². The molecule has 3 nitrogen and oxygen atoms in total. The van der Waals surface area contributed by atoms with Crippen molar-refractivity contribution in [3.63, 3.8) is 0 Å². The van der Waals surface area contributed by atoms with E-state index in [4.69, 9.17) is 9.47 Å².